The van der Waals surface area contributed by atoms with Crippen molar-refractivity contribution < 1.29 is 9.47 Å². The number of ether oxygens (including phenoxy) is 2. The molecule has 3 rings (SSSR count). The summed E-state index contributed by atoms with van der Waals surface area (Å²) in [5, 5.41) is 0. The summed E-state index contributed by atoms with van der Waals surface area (Å²) in [6.07, 6.45) is 11.6. The first-order chi connectivity index (χ1) is 14.4. The van der Waals surface area contributed by atoms with Crippen molar-refractivity contribution in [2.45, 2.75) is 6.29 Å². The van der Waals surface area contributed by atoms with Gasteiger partial charge < -0.3 is 9.47 Å². The standard InChI is InChI=1S/C27H26O2/c1-4-12-24(13-5-1)18-10-22-28-27(21-20-26-16-8-3-9-17-26)29-23-11-19-25-14-6-2-7-15-25/h1-21,27H,22-23H2/b18-10+,19-11+,21-20+. The lowest BCUT2D eigenvalue weighted by molar-refractivity contribution is -0.0928. The number of hydrogen-bond donors (Lipinski definition) is 0. The predicted molar refractivity (Wildman–Crippen MR) is 122 cm³/mol. The first-order valence-electron chi connectivity index (χ1n) is 9.80. The molecule has 0 aliphatic heterocycles. The van der Waals surface area contributed by atoms with Crippen LogP contribution in [-0.4, -0.2) is 19.5 Å². The molecule has 0 bridgehead atoms. The molecule has 0 saturated carbocycles. The van der Waals surface area contributed by atoms with Gasteiger partial charge in [0.15, 0.2) is 6.29 Å². The van der Waals surface area contributed by atoms with E-state index in [-0.39, 0.29) is 0 Å². The van der Waals surface area contributed by atoms with Gasteiger partial charge in [0.25, 0.3) is 0 Å². The van der Waals surface area contributed by atoms with E-state index in [0.29, 0.717) is 13.2 Å². The van der Waals surface area contributed by atoms with Gasteiger partial charge >= 0.3 is 0 Å². The average molecular weight is 383 g/mol. The maximum absolute atomic E-state index is 5.91. The Kier molecular flexibility index (Phi) is 8.71. The summed E-state index contributed by atoms with van der Waals surface area (Å²) in [4.78, 5) is 0. The lowest BCUT2D eigenvalue weighted by atomic mass is 10.2. The molecule has 29 heavy (non-hydrogen) atoms. The highest BCUT2D eigenvalue weighted by molar-refractivity contribution is 5.50. The Morgan fingerprint density at radius 1 is 0.517 bits per heavy atom. The maximum atomic E-state index is 5.91. The van der Waals surface area contributed by atoms with Crippen molar-refractivity contribution in [3.05, 3.63) is 126 Å². The quantitative estimate of drug-likeness (QED) is 0.373. The average Bonchev–Trinajstić information content (AvgIpc) is 2.79. The van der Waals surface area contributed by atoms with Gasteiger partial charge in [0.2, 0.25) is 0 Å². The molecule has 0 spiro atoms. The normalized spacial score (nSPS) is 11.9. The second-order valence-corrected chi connectivity index (χ2v) is 6.43. The van der Waals surface area contributed by atoms with Crippen LogP contribution >= 0.6 is 0 Å². The van der Waals surface area contributed by atoms with Crippen LogP contribution in [0.5, 0.6) is 0 Å². The molecule has 0 saturated heterocycles. The molecule has 3 aromatic rings. The van der Waals surface area contributed by atoms with Crippen molar-refractivity contribution in [1.82, 2.24) is 0 Å². The summed E-state index contributed by atoms with van der Waals surface area (Å²) in [6, 6.07) is 30.5. The Bertz CT molecular complexity index is 844. The molecule has 3 aromatic carbocycles. The van der Waals surface area contributed by atoms with Crippen LogP contribution in [0.25, 0.3) is 18.2 Å². The molecule has 146 valence electrons. The van der Waals surface area contributed by atoms with E-state index in [4.69, 9.17) is 9.47 Å². The van der Waals surface area contributed by atoms with Crippen molar-refractivity contribution in [2.75, 3.05) is 13.2 Å². The Morgan fingerprint density at radius 2 is 0.897 bits per heavy atom. The van der Waals surface area contributed by atoms with E-state index in [1.807, 2.05) is 91.1 Å². The SMILES string of the molecule is C(=C\c1ccccc1)/COC(/C=C/c1ccccc1)OC/C=C/c1ccccc1. The zero-order valence-electron chi connectivity index (χ0n) is 16.4. The second-order valence-electron chi connectivity index (χ2n) is 6.43. The minimum atomic E-state index is -0.420. The van der Waals surface area contributed by atoms with Crippen LogP contribution in [0.2, 0.25) is 0 Å². The second kappa shape index (κ2) is 12.3. The fourth-order valence-corrected chi connectivity index (χ4v) is 2.71. The van der Waals surface area contributed by atoms with Gasteiger partial charge in [-0.2, -0.15) is 0 Å². The lowest BCUT2D eigenvalue weighted by Crippen LogP contribution is -2.14. The molecule has 2 heteroatoms. The molecular weight excluding hydrogens is 356 g/mol. The molecule has 0 aromatic heterocycles. The summed E-state index contributed by atoms with van der Waals surface area (Å²) in [5.41, 5.74) is 3.42. The van der Waals surface area contributed by atoms with Crippen molar-refractivity contribution in [2.24, 2.45) is 0 Å². The minimum absolute atomic E-state index is 0.420. The summed E-state index contributed by atoms with van der Waals surface area (Å²) >= 11 is 0. The molecule has 0 heterocycles. The summed E-state index contributed by atoms with van der Waals surface area (Å²) in [5.74, 6) is 0. The third-order valence-electron chi connectivity index (χ3n) is 4.18. The van der Waals surface area contributed by atoms with E-state index >= 15 is 0 Å². The van der Waals surface area contributed by atoms with E-state index in [1.165, 1.54) is 0 Å². The third kappa shape index (κ3) is 8.14. The van der Waals surface area contributed by atoms with E-state index < -0.39 is 6.29 Å². The van der Waals surface area contributed by atoms with Gasteiger partial charge in [-0.1, -0.05) is 121 Å². The lowest BCUT2D eigenvalue weighted by Gasteiger charge is -2.13. The van der Waals surface area contributed by atoms with E-state index in [2.05, 4.69) is 36.4 Å². The molecule has 0 unspecified atom stereocenters. The zero-order valence-corrected chi connectivity index (χ0v) is 16.4. The van der Waals surface area contributed by atoms with Gasteiger partial charge in [-0.25, -0.2) is 0 Å². The topological polar surface area (TPSA) is 18.5 Å². The van der Waals surface area contributed by atoms with Crippen molar-refractivity contribution >= 4 is 18.2 Å². The van der Waals surface area contributed by atoms with Gasteiger partial charge in [0, 0.05) is 0 Å². The zero-order chi connectivity index (χ0) is 20.0. The van der Waals surface area contributed by atoms with Crippen LogP contribution < -0.4 is 0 Å². The van der Waals surface area contributed by atoms with Gasteiger partial charge in [0.1, 0.15) is 0 Å². The van der Waals surface area contributed by atoms with Crippen LogP contribution in [0.4, 0.5) is 0 Å². The molecule has 0 aliphatic carbocycles. The van der Waals surface area contributed by atoms with Crippen LogP contribution in [0, 0.1) is 0 Å². The van der Waals surface area contributed by atoms with Gasteiger partial charge in [-0.3, -0.25) is 0 Å². The van der Waals surface area contributed by atoms with Gasteiger partial charge in [-0.05, 0) is 22.8 Å². The fourth-order valence-electron chi connectivity index (χ4n) is 2.71. The molecule has 2 nitrogen and oxygen atoms in total. The van der Waals surface area contributed by atoms with Crippen LogP contribution in [0.15, 0.2) is 109 Å². The monoisotopic (exact) mass is 382 g/mol. The fraction of sp³-hybridized carbons (Fsp3) is 0.111. The summed E-state index contributed by atoms with van der Waals surface area (Å²) in [6.45, 7) is 0.947. The maximum Gasteiger partial charge on any atom is 0.177 e. The summed E-state index contributed by atoms with van der Waals surface area (Å²) in [7, 11) is 0. The van der Waals surface area contributed by atoms with Gasteiger partial charge in [-0.15, -0.1) is 0 Å². The van der Waals surface area contributed by atoms with Gasteiger partial charge in [0.05, 0.1) is 13.2 Å². The van der Waals surface area contributed by atoms with Crippen molar-refractivity contribution in [3.8, 4) is 0 Å². The first-order valence-corrected chi connectivity index (χ1v) is 9.80. The molecule has 0 radical (unpaired) electrons. The Morgan fingerprint density at radius 3 is 1.31 bits per heavy atom. The van der Waals surface area contributed by atoms with Crippen LogP contribution in [0.3, 0.4) is 0 Å². The largest absolute Gasteiger partial charge is 0.345 e. The van der Waals surface area contributed by atoms with E-state index in [9.17, 15) is 0 Å². The Balaban J connectivity index is 1.54. The van der Waals surface area contributed by atoms with Crippen molar-refractivity contribution in [1.29, 1.82) is 0 Å². The van der Waals surface area contributed by atoms with Crippen LogP contribution in [-0.2, 0) is 9.47 Å². The smallest absolute Gasteiger partial charge is 0.177 e. The molecule has 0 N–H and O–H groups in total. The molecule has 0 fully saturated rings. The first kappa shape index (κ1) is 20.5. The number of benzene rings is 3. The van der Waals surface area contributed by atoms with Crippen molar-refractivity contribution in [3.63, 3.8) is 0 Å². The highest BCUT2D eigenvalue weighted by Gasteiger charge is 2.03. The molecule has 0 atom stereocenters. The Labute approximate surface area is 173 Å². The Hall–Kier alpha value is -3.20. The van der Waals surface area contributed by atoms with E-state index in [1.54, 1.807) is 0 Å². The molecular formula is C27H26O2. The highest BCUT2D eigenvalue weighted by Crippen LogP contribution is 2.07. The predicted octanol–water partition coefficient (Wildman–Crippen LogP) is 6.49. The third-order valence-corrected chi connectivity index (χ3v) is 4.18. The highest BCUT2D eigenvalue weighted by atomic mass is 16.7. The minimum Gasteiger partial charge on any atom is -0.345 e. The molecule has 0 aliphatic rings. The summed E-state index contributed by atoms with van der Waals surface area (Å²) < 4.78 is 11.8. The van der Waals surface area contributed by atoms with Crippen LogP contribution in [0.1, 0.15) is 16.7 Å². The molecule has 0 amide bonds. The van der Waals surface area contributed by atoms with E-state index in [0.717, 1.165) is 16.7 Å². The number of rotatable bonds is 10. The number of hydrogen-bond acceptors (Lipinski definition) is 2.